The van der Waals surface area contributed by atoms with Crippen molar-refractivity contribution in [2.75, 3.05) is 13.2 Å². The highest BCUT2D eigenvalue weighted by Crippen LogP contribution is 2.49. The Morgan fingerprint density at radius 3 is 2.72 bits per heavy atom. The van der Waals surface area contributed by atoms with Crippen LogP contribution in [0.5, 0.6) is 0 Å². The minimum absolute atomic E-state index is 0.106. The number of hydrogen-bond acceptors (Lipinski definition) is 3. The number of nitrogens with zero attached hydrogens (tertiary/aromatic N) is 1. The third kappa shape index (κ3) is 4.27. The summed E-state index contributed by atoms with van der Waals surface area (Å²) in [6.45, 7) is 2.86. The minimum Gasteiger partial charge on any atom is -0.375 e. The first kappa shape index (κ1) is 19.3. The molecule has 2 heterocycles. The van der Waals surface area contributed by atoms with E-state index in [1.165, 1.54) is 55.3 Å². The van der Waals surface area contributed by atoms with Gasteiger partial charge in [-0.3, -0.25) is 4.98 Å². The number of rotatable bonds is 7. The Kier molecular flexibility index (Phi) is 5.45. The first-order valence-corrected chi connectivity index (χ1v) is 11.6. The van der Waals surface area contributed by atoms with Gasteiger partial charge in [-0.1, -0.05) is 43.2 Å². The molecule has 1 atom stereocenters. The van der Waals surface area contributed by atoms with Crippen LogP contribution in [0.4, 0.5) is 0 Å². The van der Waals surface area contributed by atoms with E-state index in [0.717, 1.165) is 44.9 Å². The van der Waals surface area contributed by atoms with E-state index >= 15 is 0 Å². The Hall–Kier alpha value is -1.71. The van der Waals surface area contributed by atoms with Crippen LogP contribution >= 0.6 is 0 Å². The van der Waals surface area contributed by atoms with Crippen molar-refractivity contribution in [3.8, 4) is 0 Å². The highest BCUT2D eigenvalue weighted by atomic mass is 16.5. The molecule has 3 aliphatic rings. The second-order valence-electron chi connectivity index (χ2n) is 9.61. The van der Waals surface area contributed by atoms with Gasteiger partial charge in [0.2, 0.25) is 0 Å². The van der Waals surface area contributed by atoms with Gasteiger partial charge >= 0.3 is 0 Å². The fourth-order valence-corrected chi connectivity index (χ4v) is 5.73. The molecular formula is C26H34N2O. The summed E-state index contributed by atoms with van der Waals surface area (Å²) in [7, 11) is 0. The third-order valence-electron chi connectivity index (χ3n) is 7.48. The lowest BCUT2D eigenvalue weighted by molar-refractivity contribution is -0.104. The zero-order chi connectivity index (χ0) is 19.6. The first-order valence-electron chi connectivity index (χ1n) is 11.6. The molecule has 29 heavy (non-hydrogen) atoms. The number of aromatic nitrogens is 1. The number of pyridine rings is 1. The molecule has 1 aromatic carbocycles. The van der Waals surface area contributed by atoms with E-state index in [9.17, 15) is 0 Å². The smallest absolute Gasteiger partial charge is 0.0691 e. The molecule has 1 aromatic heterocycles. The Morgan fingerprint density at radius 2 is 1.93 bits per heavy atom. The van der Waals surface area contributed by atoms with Crippen LogP contribution in [0.3, 0.4) is 0 Å². The van der Waals surface area contributed by atoms with Crippen molar-refractivity contribution >= 4 is 0 Å². The van der Waals surface area contributed by atoms with Crippen LogP contribution in [0.2, 0.25) is 0 Å². The summed E-state index contributed by atoms with van der Waals surface area (Å²) < 4.78 is 6.37. The van der Waals surface area contributed by atoms with Crippen LogP contribution in [0.25, 0.3) is 0 Å². The molecule has 1 aliphatic heterocycles. The molecule has 1 N–H and O–H groups in total. The lowest BCUT2D eigenvalue weighted by Gasteiger charge is -2.46. The second-order valence-corrected chi connectivity index (χ2v) is 9.61. The Bertz CT molecular complexity index is 810. The zero-order valence-corrected chi connectivity index (χ0v) is 17.5. The molecule has 0 bridgehead atoms. The van der Waals surface area contributed by atoms with Gasteiger partial charge in [-0.15, -0.1) is 0 Å². The van der Waals surface area contributed by atoms with Crippen LogP contribution in [-0.4, -0.2) is 23.7 Å². The van der Waals surface area contributed by atoms with Crippen LogP contribution in [0.1, 0.15) is 80.5 Å². The number of benzene rings is 1. The molecular weight excluding hydrogens is 356 g/mol. The van der Waals surface area contributed by atoms with E-state index in [1.807, 2.05) is 12.3 Å². The summed E-state index contributed by atoms with van der Waals surface area (Å²) in [5.41, 5.74) is 4.47. The minimum atomic E-state index is 0.106. The molecule has 1 spiro atoms. The van der Waals surface area contributed by atoms with E-state index in [4.69, 9.17) is 9.72 Å². The average molecular weight is 391 g/mol. The van der Waals surface area contributed by atoms with Gasteiger partial charge in [-0.2, -0.15) is 0 Å². The van der Waals surface area contributed by atoms with E-state index < -0.39 is 0 Å². The third-order valence-corrected chi connectivity index (χ3v) is 7.48. The molecule has 154 valence electrons. The highest BCUT2D eigenvalue weighted by Gasteiger charge is 2.48. The molecule has 2 saturated carbocycles. The summed E-state index contributed by atoms with van der Waals surface area (Å²) in [5.74, 6) is 0.826. The molecule has 0 radical (unpaired) electrons. The largest absolute Gasteiger partial charge is 0.375 e. The molecule has 0 amide bonds. The predicted octanol–water partition coefficient (Wildman–Crippen LogP) is 5.50. The predicted molar refractivity (Wildman–Crippen MR) is 117 cm³/mol. The first-order chi connectivity index (χ1) is 14.3. The average Bonchev–Trinajstić information content (AvgIpc) is 3.53. The summed E-state index contributed by atoms with van der Waals surface area (Å²) in [4.78, 5) is 4.82. The SMILES string of the molecule is c1ccc([C@]2(CCNCc3cccc(C4CC4)c3)CCOC3(CCCC3)C2)nc1. The van der Waals surface area contributed by atoms with Crippen LogP contribution in [0, 0.1) is 0 Å². The molecule has 0 unspecified atom stereocenters. The van der Waals surface area contributed by atoms with Crippen LogP contribution < -0.4 is 5.32 Å². The van der Waals surface area contributed by atoms with E-state index in [0.29, 0.717) is 0 Å². The van der Waals surface area contributed by atoms with Crippen molar-refractivity contribution < 1.29 is 4.74 Å². The van der Waals surface area contributed by atoms with Crippen molar-refractivity contribution in [1.82, 2.24) is 10.3 Å². The van der Waals surface area contributed by atoms with Crippen molar-refractivity contribution in [1.29, 1.82) is 0 Å². The maximum absolute atomic E-state index is 6.37. The Morgan fingerprint density at radius 1 is 1.03 bits per heavy atom. The van der Waals surface area contributed by atoms with Gasteiger partial charge < -0.3 is 10.1 Å². The molecule has 2 aromatic rings. The summed E-state index contributed by atoms with van der Waals surface area (Å²) in [6.07, 6.45) is 13.1. The maximum Gasteiger partial charge on any atom is 0.0691 e. The van der Waals surface area contributed by atoms with Gasteiger partial charge in [-0.25, -0.2) is 0 Å². The fraction of sp³-hybridized carbons (Fsp3) is 0.577. The molecule has 3 nitrogen and oxygen atoms in total. The summed E-state index contributed by atoms with van der Waals surface area (Å²) >= 11 is 0. The Balaban J connectivity index is 1.26. The lowest BCUT2D eigenvalue weighted by atomic mass is 9.68. The molecule has 2 aliphatic carbocycles. The number of hydrogen-bond donors (Lipinski definition) is 1. The summed E-state index contributed by atoms with van der Waals surface area (Å²) in [6, 6.07) is 15.6. The highest BCUT2D eigenvalue weighted by molar-refractivity contribution is 5.29. The molecule has 3 heteroatoms. The van der Waals surface area contributed by atoms with E-state index in [-0.39, 0.29) is 11.0 Å². The van der Waals surface area contributed by atoms with Gasteiger partial charge in [0.25, 0.3) is 0 Å². The maximum atomic E-state index is 6.37. The van der Waals surface area contributed by atoms with Gasteiger partial charge in [0.05, 0.1) is 5.60 Å². The fourth-order valence-electron chi connectivity index (χ4n) is 5.73. The number of ether oxygens (including phenoxy) is 1. The lowest BCUT2D eigenvalue weighted by Crippen LogP contribution is -2.47. The Labute approximate surface area is 175 Å². The number of nitrogens with one attached hydrogen (secondary N) is 1. The van der Waals surface area contributed by atoms with Gasteiger partial charge in [0.15, 0.2) is 0 Å². The van der Waals surface area contributed by atoms with Crippen molar-refractivity contribution in [3.05, 3.63) is 65.5 Å². The van der Waals surface area contributed by atoms with Crippen molar-refractivity contribution in [2.24, 2.45) is 0 Å². The zero-order valence-electron chi connectivity index (χ0n) is 17.5. The molecule has 3 fully saturated rings. The van der Waals surface area contributed by atoms with E-state index in [2.05, 4.69) is 41.7 Å². The topological polar surface area (TPSA) is 34.1 Å². The van der Waals surface area contributed by atoms with Gasteiger partial charge in [-0.05, 0) is 80.7 Å². The van der Waals surface area contributed by atoms with Crippen LogP contribution in [0.15, 0.2) is 48.7 Å². The quantitative estimate of drug-likeness (QED) is 0.634. The van der Waals surface area contributed by atoms with Crippen molar-refractivity contribution in [3.63, 3.8) is 0 Å². The summed E-state index contributed by atoms with van der Waals surface area (Å²) in [5, 5.41) is 3.74. The second kappa shape index (κ2) is 8.20. The normalized spacial score (nSPS) is 26.1. The molecule has 5 rings (SSSR count). The van der Waals surface area contributed by atoms with E-state index in [1.54, 1.807) is 0 Å². The van der Waals surface area contributed by atoms with Crippen LogP contribution in [-0.2, 0) is 16.7 Å². The van der Waals surface area contributed by atoms with Gasteiger partial charge in [0.1, 0.15) is 0 Å². The molecule has 1 saturated heterocycles. The monoisotopic (exact) mass is 390 g/mol. The van der Waals surface area contributed by atoms with Gasteiger partial charge in [0, 0.05) is 30.5 Å². The standard InChI is InChI=1S/C26H34N2O/c1-4-15-28-24(8-1)25(14-17-29-26(20-25)11-2-3-12-26)13-16-27-19-21-6-5-7-23(18-21)22-9-10-22/h1,4-8,15,18,22,27H,2-3,9-14,16-17,19-20H2/t25-/m1/s1. The van der Waals surface area contributed by atoms with Crippen molar-refractivity contribution in [2.45, 2.75) is 81.3 Å².